The number of carbonyl (C=O) groups excluding carboxylic acids is 1. The Kier molecular flexibility index (Phi) is 5.55. The fourth-order valence-corrected chi connectivity index (χ4v) is 5.76. The van der Waals surface area contributed by atoms with Gasteiger partial charge in [-0.3, -0.25) is 9.69 Å². The van der Waals surface area contributed by atoms with Crippen LogP contribution in [0, 0.1) is 0 Å². The van der Waals surface area contributed by atoms with Crippen molar-refractivity contribution in [3.63, 3.8) is 0 Å². The molecule has 1 amide bonds. The molecule has 4 nitrogen and oxygen atoms in total. The van der Waals surface area contributed by atoms with Gasteiger partial charge in [-0.1, -0.05) is 36.4 Å². The van der Waals surface area contributed by atoms with Crippen LogP contribution in [0.1, 0.15) is 28.8 Å². The van der Waals surface area contributed by atoms with Gasteiger partial charge in [0, 0.05) is 29.1 Å². The van der Waals surface area contributed by atoms with Crippen LogP contribution < -0.4 is 9.64 Å². The zero-order valence-electron chi connectivity index (χ0n) is 17.9. The minimum Gasteiger partial charge on any atom is -0.497 e. The second-order valence-corrected chi connectivity index (χ2v) is 9.69. The maximum absolute atomic E-state index is 13.3. The van der Waals surface area contributed by atoms with Gasteiger partial charge in [0.25, 0.3) is 0 Å². The van der Waals surface area contributed by atoms with Crippen molar-refractivity contribution in [3.05, 3.63) is 82.0 Å². The first-order valence-electron chi connectivity index (χ1n) is 10.9. The molecular weight excluding hydrogens is 404 g/mol. The molecule has 1 fully saturated rings. The summed E-state index contributed by atoms with van der Waals surface area (Å²) in [6, 6.07) is 21.0. The van der Waals surface area contributed by atoms with Gasteiger partial charge in [0.05, 0.1) is 13.5 Å². The van der Waals surface area contributed by atoms with Crippen molar-refractivity contribution in [1.29, 1.82) is 0 Å². The normalized spacial score (nSPS) is 17.6. The number of fused-ring (bicyclic) bond motifs is 2. The molecule has 0 atom stereocenters. The molecule has 1 saturated heterocycles. The second kappa shape index (κ2) is 8.48. The molecule has 2 aliphatic rings. The second-order valence-electron chi connectivity index (χ2n) is 8.66. The minimum atomic E-state index is 0.0160. The highest BCUT2D eigenvalue weighted by atomic mass is 32.1. The summed E-state index contributed by atoms with van der Waals surface area (Å²) in [4.78, 5) is 18.9. The molecule has 0 unspecified atom stereocenters. The molecule has 0 N–H and O–H groups in total. The van der Waals surface area contributed by atoms with E-state index >= 15 is 0 Å². The maximum Gasteiger partial charge on any atom is 0.232 e. The van der Waals surface area contributed by atoms with Gasteiger partial charge in [-0.15, -0.1) is 11.3 Å². The van der Waals surface area contributed by atoms with Crippen LogP contribution in [0.2, 0.25) is 0 Å². The van der Waals surface area contributed by atoms with E-state index in [2.05, 4.69) is 47.4 Å². The number of anilines is 1. The molecule has 0 saturated carbocycles. The Labute approximate surface area is 188 Å². The van der Waals surface area contributed by atoms with Crippen molar-refractivity contribution in [3.8, 4) is 5.75 Å². The zero-order valence-corrected chi connectivity index (χ0v) is 18.7. The number of amides is 1. The molecule has 0 radical (unpaired) electrons. The average molecular weight is 433 g/mol. The van der Waals surface area contributed by atoms with E-state index in [0.29, 0.717) is 6.42 Å². The van der Waals surface area contributed by atoms with Crippen LogP contribution in [0.15, 0.2) is 66.0 Å². The number of carbonyl (C=O) groups is 1. The van der Waals surface area contributed by atoms with Crippen molar-refractivity contribution >= 4 is 22.9 Å². The number of rotatable bonds is 5. The molecule has 3 aromatic rings. The SMILES string of the molecule is COc1ccc2c(c1)C1(CCN(Cc3ccccc3)CC1)CN2C(=O)Cc1cccs1. The first-order valence-corrected chi connectivity index (χ1v) is 11.8. The van der Waals surface area contributed by atoms with Crippen molar-refractivity contribution in [2.24, 2.45) is 0 Å². The van der Waals surface area contributed by atoms with Crippen LogP contribution in [-0.2, 0) is 23.2 Å². The number of methoxy groups -OCH3 is 1. The molecule has 5 rings (SSSR count). The van der Waals surface area contributed by atoms with Crippen molar-refractivity contribution < 1.29 is 9.53 Å². The number of benzene rings is 2. The maximum atomic E-state index is 13.3. The molecule has 2 aromatic carbocycles. The summed E-state index contributed by atoms with van der Waals surface area (Å²) in [5.41, 5.74) is 3.73. The average Bonchev–Trinajstić information content (AvgIpc) is 3.42. The first kappa shape index (κ1) is 20.3. The Morgan fingerprint density at radius 3 is 2.58 bits per heavy atom. The third-order valence-corrected chi connectivity index (χ3v) is 7.67. The number of piperidine rings is 1. The highest BCUT2D eigenvalue weighted by Crippen LogP contribution is 2.48. The van der Waals surface area contributed by atoms with Crippen LogP contribution in [-0.4, -0.2) is 37.6 Å². The molecule has 2 aliphatic heterocycles. The minimum absolute atomic E-state index is 0.0160. The third-order valence-electron chi connectivity index (χ3n) is 6.80. The topological polar surface area (TPSA) is 32.8 Å². The van der Waals surface area contributed by atoms with E-state index in [-0.39, 0.29) is 11.3 Å². The Bertz CT molecular complexity index is 1040. The number of ether oxygens (including phenoxy) is 1. The number of thiophene rings is 1. The lowest BCUT2D eigenvalue weighted by Crippen LogP contribution is -2.46. The van der Waals surface area contributed by atoms with E-state index in [1.165, 1.54) is 11.1 Å². The van der Waals surface area contributed by atoms with Gasteiger partial charge in [-0.25, -0.2) is 0 Å². The summed E-state index contributed by atoms with van der Waals surface area (Å²) < 4.78 is 5.54. The molecule has 3 heterocycles. The van der Waals surface area contributed by atoms with Crippen LogP contribution >= 0.6 is 11.3 Å². The van der Waals surface area contributed by atoms with E-state index in [4.69, 9.17) is 4.74 Å². The molecule has 1 spiro atoms. The number of likely N-dealkylation sites (tertiary alicyclic amines) is 1. The first-order chi connectivity index (χ1) is 15.2. The van der Waals surface area contributed by atoms with E-state index in [1.807, 2.05) is 28.5 Å². The molecule has 0 bridgehead atoms. The van der Waals surface area contributed by atoms with E-state index in [1.54, 1.807) is 18.4 Å². The number of hydrogen-bond acceptors (Lipinski definition) is 4. The zero-order chi connectivity index (χ0) is 21.3. The monoisotopic (exact) mass is 432 g/mol. The van der Waals surface area contributed by atoms with Gasteiger partial charge in [0.15, 0.2) is 0 Å². The largest absolute Gasteiger partial charge is 0.497 e. The Morgan fingerprint density at radius 1 is 1.06 bits per heavy atom. The van der Waals surface area contributed by atoms with Crippen LogP contribution in [0.3, 0.4) is 0 Å². The molecule has 160 valence electrons. The Morgan fingerprint density at radius 2 is 1.87 bits per heavy atom. The number of nitrogens with zero attached hydrogens (tertiary/aromatic N) is 2. The predicted molar refractivity (Wildman–Crippen MR) is 126 cm³/mol. The van der Waals surface area contributed by atoms with Crippen molar-refractivity contribution in [1.82, 2.24) is 4.90 Å². The Balaban J connectivity index is 1.37. The summed E-state index contributed by atoms with van der Waals surface area (Å²) >= 11 is 1.65. The lowest BCUT2D eigenvalue weighted by molar-refractivity contribution is -0.118. The molecule has 0 aliphatic carbocycles. The molecule has 31 heavy (non-hydrogen) atoms. The third kappa shape index (κ3) is 4.00. The summed E-state index contributed by atoms with van der Waals surface area (Å²) in [5, 5.41) is 2.04. The smallest absolute Gasteiger partial charge is 0.232 e. The van der Waals surface area contributed by atoms with Gasteiger partial charge in [0.1, 0.15) is 5.75 Å². The van der Waals surface area contributed by atoms with Crippen LogP contribution in [0.25, 0.3) is 0 Å². The standard InChI is InChI=1S/C26H28N2O2S/c1-30-21-9-10-24-23(16-21)26(19-28(24)25(29)17-22-8-5-15-31-22)11-13-27(14-12-26)18-20-6-3-2-4-7-20/h2-10,15-16H,11-14,17-19H2,1H3. The quantitative estimate of drug-likeness (QED) is 0.576. The van der Waals surface area contributed by atoms with Crippen LogP contribution in [0.5, 0.6) is 5.75 Å². The van der Waals surface area contributed by atoms with Gasteiger partial charge >= 0.3 is 0 Å². The van der Waals surface area contributed by atoms with Gasteiger partial charge in [-0.05, 0) is 66.7 Å². The lowest BCUT2D eigenvalue weighted by Gasteiger charge is -2.40. The lowest BCUT2D eigenvalue weighted by atomic mass is 9.74. The van der Waals surface area contributed by atoms with Gasteiger partial charge < -0.3 is 9.64 Å². The van der Waals surface area contributed by atoms with Crippen LogP contribution in [0.4, 0.5) is 5.69 Å². The molecule has 5 heteroatoms. The highest BCUT2D eigenvalue weighted by Gasteiger charge is 2.46. The summed E-state index contributed by atoms with van der Waals surface area (Å²) in [5.74, 6) is 1.06. The van der Waals surface area contributed by atoms with Crippen molar-refractivity contribution in [2.45, 2.75) is 31.2 Å². The van der Waals surface area contributed by atoms with E-state index in [9.17, 15) is 4.79 Å². The summed E-state index contributed by atoms with van der Waals surface area (Å²) in [7, 11) is 1.71. The van der Waals surface area contributed by atoms with E-state index in [0.717, 1.165) is 55.3 Å². The van der Waals surface area contributed by atoms with Crippen molar-refractivity contribution in [2.75, 3.05) is 31.6 Å². The fourth-order valence-electron chi connectivity index (χ4n) is 5.06. The number of hydrogen-bond donors (Lipinski definition) is 0. The summed E-state index contributed by atoms with van der Waals surface area (Å²) in [6.45, 7) is 3.85. The predicted octanol–water partition coefficient (Wildman–Crippen LogP) is 4.88. The highest BCUT2D eigenvalue weighted by molar-refractivity contribution is 7.10. The van der Waals surface area contributed by atoms with Gasteiger partial charge in [0.2, 0.25) is 5.91 Å². The molecular formula is C26H28N2O2S. The van der Waals surface area contributed by atoms with Gasteiger partial charge in [-0.2, -0.15) is 0 Å². The molecule has 1 aromatic heterocycles. The summed E-state index contributed by atoms with van der Waals surface area (Å²) in [6.07, 6.45) is 2.59. The fraction of sp³-hybridized carbons (Fsp3) is 0.346. The van der Waals surface area contributed by atoms with E-state index < -0.39 is 0 Å². The Hall–Kier alpha value is -2.63.